The molecule has 0 heterocycles. The van der Waals surface area contributed by atoms with Crippen LogP contribution in [0.2, 0.25) is 0 Å². The lowest BCUT2D eigenvalue weighted by Gasteiger charge is -2.32. The summed E-state index contributed by atoms with van der Waals surface area (Å²) in [6.07, 6.45) is -0.0130. The van der Waals surface area contributed by atoms with Crippen molar-refractivity contribution in [2.24, 2.45) is 5.92 Å². The lowest BCUT2D eigenvalue weighted by atomic mass is 9.59. The molecule has 4 radical (unpaired) electrons. The van der Waals surface area contributed by atoms with Gasteiger partial charge in [0.15, 0.2) is 0 Å². The topological polar surface area (TPSA) is 46.5 Å². The van der Waals surface area contributed by atoms with Gasteiger partial charge in [0.1, 0.15) is 21.4 Å². The molecule has 17 heavy (non-hydrogen) atoms. The van der Waals surface area contributed by atoms with Crippen molar-refractivity contribution in [1.82, 2.24) is 0 Å². The molecule has 1 aromatic carbocycles. The molecule has 1 aromatic rings. The van der Waals surface area contributed by atoms with E-state index in [2.05, 4.69) is 0 Å². The van der Waals surface area contributed by atoms with Crippen LogP contribution in [0.25, 0.3) is 0 Å². The van der Waals surface area contributed by atoms with Crippen molar-refractivity contribution < 1.29 is 14.6 Å². The van der Waals surface area contributed by atoms with Crippen molar-refractivity contribution in [2.75, 3.05) is 0 Å². The average Bonchev–Trinajstić information content (AvgIpc) is 2.19. The number of hydrogen-bond acceptors (Lipinski definition) is 2. The summed E-state index contributed by atoms with van der Waals surface area (Å²) in [6.45, 7) is 3.72. The van der Waals surface area contributed by atoms with Gasteiger partial charge in [-0.25, -0.2) is 0 Å². The van der Waals surface area contributed by atoms with Gasteiger partial charge in [-0.15, -0.1) is 0 Å². The summed E-state index contributed by atoms with van der Waals surface area (Å²) in [5.41, 5.74) is 0.703. The van der Waals surface area contributed by atoms with Crippen LogP contribution in [0.1, 0.15) is 19.4 Å². The maximum Gasteiger partial charge on any atom is 0.307 e. The van der Waals surface area contributed by atoms with Crippen LogP contribution in [0.3, 0.4) is 0 Å². The minimum absolute atomic E-state index is 0.0130. The predicted octanol–water partition coefficient (Wildman–Crippen LogP) is 1.34. The van der Waals surface area contributed by atoms with E-state index in [4.69, 9.17) is 25.5 Å². The summed E-state index contributed by atoms with van der Waals surface area (Å²) in [4.78, 5) is 10.5. The predicted molar refractivity (Wildman–Crippen MR) is 67.5 cm³/mol. The molecular formula is C12H14B2O3. The highest BCUT2D eigenvalue weighted by molar-refractivity contribution is 6.39. The zero-order chi connectivity index (χ0) is 13.1. The third-order valence-corrected chi connectivity index (χ3v) is 2.48. The molecule has 0 bridgehead atoms. The Balaban J connectivity index is 2.72. The number of hydrogen-bond donors (Lipinski definition) is 1. The van der Waals surface area contributed by atoms with Crippen LogP contribution < -0.4 is 4.74 Å². The minimum Gasteiger partial charge on any atom is -0.507 e. The van der Waals surface area contributed by atoms with Crippen LogP contribution >= 0.6 is 0 Å². The zero-order valence-corrected chi connectivity index (χ0v) is 10.0. The Morgan fingerprint density at radius 2 is 1.88 bits per heavy atom. The first-order valence-electron chi connectivity index (χ1n) is 5.39. The minimum atomic E-state index is -1.23. The van der Waals surface area contributed by atoms with Crippen LogP contribution in [0.4, 0.5) is 0 Å². The van der Waals surface area contributed by atoms with Crippen molar-refractivity contribution >= 4 is 21.7 Å². The van der Waals surface area contributed by atoms with Crippen LogP contribution in [-0.4, -0.2) is 32.2 Å². The van der Waals surface area contributed by atoms with E-state index in [-0.39, 0.29) is 12.3 Å². The first-order chi connectivity index (χ1) is 7.81. The molecule has 0 fully saturated rings. The van der Waals surface area contributed by atoms with Crippen LogP contribution in [0.5, 0.6) is 5.75 Å². The molecule has 0 aliphatic heterocycles. The Morgan fingerprint density at radius 1 is 1.35 bits per heavy atom. The Hall–Kier alpha value is -1.38. The second-order valence-corrected chi connectivity index (χ2v) is 4.32. The number of carboxylic acid groups (broad SMARTS) is 1. The average molecular weight is 228 g/mol. The molecule has 0 amide bonds. The largest absolute Gasteiger partial charge is 0.507 e. The molecule has 0 aliphatic rings. The van der Waals surface area contributed by atoms with Gasteiger partial charge in [-0.3, -0.25) is 4.79 Å². The molecule has 86 valence electrons. The van der Waals surface area contributed by atoms with Gasteiger partial charge in [0.05, 0.1) is 6.42 Å². The van der Waals surface area contributed by atoms with Crippen molar-refractivity contribution in [3.8, 4) is 5.75 Å². The second-order valence-electron chi connectivity index (χ2n) is 4.32. The van der Waals surface area contributed by atoms with E-state index in [9.17, 15) is 4.79 Å². The first kappa shape index (κ1) is 13.7. The molecule has 0 saturated heterocycles. The molecule has 5 heteroatoms. The third kappa shape index (κ3) is 4.17. The van der Waals surface area contributed by atoms with Gasteiger partial charge in [0.2, 0.25) is 0 Å². The molecule has 0 atom stereocenters. The lowest BCUT2D eigenvalue weighted by Crippen LogP contribution is -2.42. The van der Waals surface area contributed by atoms with Crippen LogP contribution in [-0.2, 0) is 11.2 Å². The fourth-order valence-corrected chi connectivity index (χ4v) is 1.17. The van der Waals surface area contributed by atoms with Crippen molar-refractivity contribution in [2.45, 2.75) is 25.7 Å². The maximum atomic E-state index is 10.5. The van der Waals surface area contributed by atoms with Crippen molar-refractivity contribution in [3.05, 3.63) is 29.8 Å². The summed E-state index contributed by atoms with van der Waals surface area (Å²) < 4.78 is 5.43. The number of ether oxygens (including phenoxy) is 1. The molecular weight excluding hydrogens is 214 g/mol. The molecule has 3 nitrogen and oxygen atoms in total. The van der Waals surface area contributed by atoms with E-state index >= 15 is 0 Å². The van der Waals surface area contributed by atoms with Crippen molar-refractivity contribution in [3.63, 3.8) is 0 Å². The highest BCUT2D eigenvalue weighted by atomic mass is 16.5. The number of benzene rings is 1. The SMILES string of the molecule is [B]C([B])(Oc1ccc(CC(=O)O)cc1)C(C)C. The van der Waals surface area contributed by atoms with E-state index in [1.165, 1.54) is 0 Å². The summed E-state index contributed by atoms with van der Waals surface area (Å²) in [5, 5.41) is 7.40. The standard InChI is InChI=1S/C12H14B2O3/c1-8(2)12(13,14)17-10-5-3-9(4-6-10)7-11(15)16/h3-6,8H,7H2,1-2H3,(H,15,16). The van der Waals surface area contributed by atoms with Gasteiger partial charge in [0, 0.05) is 5.40 Å². The van der Waals surface area contributed by atoms with Gasteiger partial charge >= 0.3 is 5.97 Å². The Kier molecular flexibility index (Phi) is 4.27. The molecule has 0 spiro atoms. The fourth-order valence-electron chi connectivity index (χ4n) is 1.17. The van der Waals surface area contributed by atoms with E-state index in [0.717, 1.165) is 0 Å². The lowest BCUT2D eigenvalue weighted by molar-refractivity contribution is -0.136. The summed E-state index contributed by atoms with van der Waals surface area (Å²) in [6, 6.07) is 6.68. The fraction of sp³-hybridized carbons (Fsp3) is 0.417. The molecule has 0 unspecified atom stereocenters. The number of carboxylic acids is 1. The summed E-state index contributed by atoms with van der Waals surface area (Å²) in [7, 11) is 11.5. The van der Waals surface area contributed by atoms with E-state index in [1.807, 2.05) is 13.8 Å². The molecule has 0 saturated carbocycles. The maximum absolute atomic E-state index is 10.5. The smallest absolute Gasteiger partial charge is 0.307 e. The summed E-state index contributed by atoms with van der Waals surface area (Å²) in [5.74, 6) is -0.383. The quantitative estimate of drug-likeness (QED) is 0.773. The second kappa shape index (κ2) is 5.30. The highest BCUT2D eigenvalue weighted by Crippen LogP contribution is 2.20. The van der Waals surface area contributed by atoms with Gasteiger partial charge < -0.3 is 9.84 Å². The highest BCUT2D eigenvalue weighted by Gasteiger charge is 2.22. The third-order valence-electron chi connectivity index (χ3n) is 2.48. The van der Waals surface area contributed by atoms with E-state index in [1.54, 1.807) is 24.3 Å². The number of carbonyl (C=O) groups is 1. The zero-order valence-electron chi connectivity index (χ0n) is 10.0. The molecule has 0 aliphatic carbocycles. The molecule has 1 rings (SSSR count). The number of rotatable bonds is 5. The van der Waals surface area contributed by atoms with E-state index in [0.29, 0.717) is 11.3 Å². The van der Waals surface area contributed by atoms with Gasteiger partial charge in [-0.2, -0.15) is 0 Å². The van der Waals surface area contributed by atoms with E-state index < -0.39 is 11.4 Å². The van der Waals surface area contributed by atoms with Gasteiger partial charge in [-0.05, 0) is 23.6 Å². The van der Waals surface area contributed by atoms with Crippen molar-refractivity contribution in [1.29, 1.82) is 0 Å². The first-order valence-corrected chi connectivity index (χ1v) is 5.39. The monoisotopic (exact) mass is 228 g/mol. The Bertz CT molecular complexity index is 385. The molecule has 0 aromatic heterocycles. The van der Waals surface area contributed by atoms with Gasteiger partial charge in [0.25, 0.3) is 0 Å². The van der Waals surface area contributed by atoms with Crippen LogP contribution in [0, 0.1) is 5.92 Å². The van der Waals surface area contributed by atoms with Crippen LogP contribution in [0.15, 0.2) is 24.3 Å². The Labute approximate surface area is 104 Å². The normalized spacial score (nSPS) is 11.5. The van der Waals surface area contributed by atoms with Gasteiger partial charge in [-0.1, -0.05) is 26.0 Å². The molecule has 1 N–H and O–H groups in total. The Morgan fingerprint density at radius 3 is 2.29 bits per heavy atom. The number of aliphatic carboxylic acids is 1. The summed E-state index contributed by atoms with van der Waals surface area (Å²) >= 11 is 0.